The number of fused-ring (bicyclic) bond motifs is 2. The first-order valence-corrected chi connectivity index (χ1v) is 12.1. The van der Waals surface area contributed by atoms with E-state index in [0.29, 0.717) is 5.92 Å². The summed E-state index contributed by atoms with van der Waals surface area (Å²) in [6.45, 7) is 11.5. The van der Waals surface area contributed by atoms with Crippen LogP contribution in [-0.4, -0.2) is 16.4 Å². The maximum atomic E-state index is 4.51. The van der Waals surface area contributed by atoms with E-state index in [1.807, 2.05) is 12.3 Å². The Balaban J connectivity index is 1.26. The molecular weight excluding hydrogens is 416 g/mol. The highest BCUT2D eigenvalue weighted by atomic mass is 15.1. The van der Waals surface area contributed by atoms with Crippen LogP contribution in [-0.2, 0) is 19.5 Å². The second kappa shape index (κ2) is 9.70. The second-order valence-corrected chi connectivity index (χ2v) is 9.40. The highest BCUT2D eigenvalue weighted by Crippen LogP contribution is 2.29. The van der Waals surface area contributed by atoms with Gasteiger partial charge in [-0.1, -0.05) is 62.9 Å². The van der Waals surface area contributed by atoms with Crippen LogP contribution in [0.15, 0.2) is 91.4 Å². The Morgan fingerprint density at radius 1 is 0.971 bits per heavy atom. The average molecular weight is 449 g/mol. The Bertz CT molecular complexity index is 1300. The number of anilines is 2. The molecule has 0 spiro atoms. The maximum absolute atomic E-state index is 4.51. The Kier molecular flexibility index (Phi) is 6.33. The highest BCUT2D eigenvalue weighted by Gasteiger charge is 2.20. The van der Waals surface area contributed by atoms with Crippen LogP contribution in [0.25, 0.3) is 10.9 Å². The molecule has 0 radical (unpaired) electrons. The van der Waals surface area contributed by atoms with Crippen LogP contribution in [0.1, 0.15) is 42.0 Å². The van der Waals surface area contributed by atoms with Gasteiger partial charge >= 0.3 is 0 Å². The van der Waals surface area contributed by atoms with Gasteiger partial charge in [0.2, 0.25) is 0 Å². The minimum absolute atomic E-state index is 0.531. The van der Waals surface area contributed by atoms with Crippen molar-refractivity contribution in [2.75, 3.05) is 17.2 Å². The number of pyridine rings is 1. The van der Waals surface area contributed by atoms with Gasteiger partial charge in [-0.2, -0.15) is 0 Å². The molecule has 0 saturated heterocycles. The molecule has 172 valence electrons. The van der Waals surface area contributed by atoms with Crippen molar-refractivity contribution in [1.82, 2.24) is 9.88 Å². The van der Waals surface area contributed by atoms with E-state index in [9.17, 15) is 0 Å². The summed E-state index contributed by atoms with van der Waals surface area (Å²) in [6.07, 6.45) is 2.93. The lowest BCUT2D eigenvalue weighted by Gasteiger charge is -2.30. The van der Waals surface area contributed by atoms with Gasteiger partial charge in [-0.3, -0.25) is 9.88 Å². The van der Waals surface area contributed by atoms with E-state index >= 15 is 0 Å². The molecule has 4 heteroatoms. The van der Waals surface area contributed by atoms with Gasteiger partial charge in [0.1, 0.15) is 5.82 Å². The summed E-state index contributed by atoms with van der Waals surface area (Å²) >= 11 is 0. The van der Waals surface area contributed by atoms with Crippen molar-refractivity contribution < 1.29 is 0 Å². The molecule has 1 aliphatic heterocycles. The normalized spacial score (nSPS) is 13.6. The molecular formula is C30H32N4. The van der Waals surface area contributed by atoms with Crippen molar-refractivity contribution in [2.24, 2.45) is 0 Å². The average Bonchev–Trinajstić information content (AvgIpc) is 2.84. The summed E-state index contributed by atoms with van der Waals surface area (Å²) in [5, 5.41) is 8.16. The van der Waals surface area contributed by atoms with Crippen LogP contribution in [0.3, 0.4) is 0 Å². The summed E-state index contributed by atoms with van der Waals surface area (Å²) in [7, 11) is 0. The van der Waals surface area contributed by atoms with E-state index < -0.39 is 0 Å². The number of rotatable bonds is 7. The third kappa shape index (κ3) is 4.82. The van der Waals surface area contributed by atoms with Gasteiger partial charge in [-0.05, 0) is 64.9 Å². The fraction of sp³-hybridized carbons (Fsp3) is 0.233. The number of benzene rings is 3. The Hall–Kier alpha value is -3.63. The summed E-state index contributed by atoms with van der Waals surface area (Å²) in [4.78, 5) is 7.04. The molecule has 2 heterocycles. The Morgan fingerprint density at radius 3 is 2.62 bits per heavy atom. The first-order valence-electron chi connectivity index (χ1n) is 12.1. The second-order valence-electron chi connectivity index (χ2n) is 9.40. The zero-order chi connectivity index (χ0) is 23.5. The van der Waals surface area contributed by atoms with Gasteiger partial charge in [0.25, 0.3) is 0 Å². The number of nitrogens with zero attached hydrogens (tertiary/aromatic N) is 2. The molecule has 0 amide bonds. The summed E-state index contributed by atoms with van der Waals surface area (Å²) in [5.74, 6) is 1.32. The Labute approximate surface area is 202 Å². The zero-order valence-electron chi connectivity index (χ0n) is 20.0. The van der Waals surface area contributed by atoms with E-state index in [2.05, 4.69) is 108 Å². The van der Waals surface area contributed by atoms with Crippen LogP contribution < -0.4 is 10.6 Å². The minimum Gasteiger partial charge on any atom is -0.342 e. The molecule has 5 rings (SSSR count). The first kappa shape index (κ1) is 22.2. The van der Waals surface area contributed by atoms with Crippen molar-refractivity contribution in [3.8, 4) is 0 Å². The number of hydrogen-bond donors (Lipinski definition) is 2. The van der Waals surface area contributed by atoms with Gasteiger partial charge in [-0.15, -0.1) is 0 Å². The summed E-state index contributed by atoms with van der Waals surface area (Å²) in [6, 6.07) is 25.7. The predicted molar refractivity (Wildman–Crippen MR) is 143 cm³/mol. The molecule has 0 fully saturated rings. The smallest absolute Gasteiger partial charge is 0.100 e. The van der Waals surface area contributed by atoms with Crippen LogP contribution in [0.5, 0.6) is 0 Å². The number of aromatic nitrogens is 1. The lowest BCUT2D eigenvalue weighted by Crippen LogP contribution is -2.30. The molecule has 1 aliphatic rings. The summed E-state index contributed by atoms with van der Waals surface area (Å²) in [5.41, 5.74) is 8.69. The number of para-hydroxylation sites is 1. The molecule has 2 N–H and O–H groups in total. The quantitative estimate of drug-likeness (QED) is 0.322. The minimum atomic E-state index is 0.531. The van der Waals surface area contributed by atoms with Crippen LogP contribution in [0.4, 0.5) is 11.4 Å². The monoisotopic (exact) mass is 448 g/mol. The molecule has 0 unspecified atom stereocenters. The third-order valence-corrected chi connectivity index (χ3v) is 6.64. The highest BCUT2D eigenvalue weighted by molar-refractivity contribution is 5.81. The lowest BCUT2D eigenvalue weighted by atomic mass is 9.97. The van der Waals surface area contributed by atoms with Crippen LogP contribution >= 0.6 is 0 Å². The molecule has 1 aromatic heterocycles. The number of hydrogen-bond acceptors (Lipinski definition) is 4. The molecule has 34 heavy (non-hydrogen) atoms. The van der Waals surface area contributed by atoms with E-state index in [1.165, 1.54) is 27.6 Å². The van der Waals surface area contributed by atoms with Crippen LogP contribution in [0.2, 0.25) is 0 Å². The summed E-state index contributed by atoms with van der Waals surface area (Å²) < 4.78 is 0. The lowest BCUT2D eigenvalue weighted by molar-refractivity contribution is 0.246. The van der Waals surface area contributed by atoms with Gasteiger partial charge in [0, 0.05) is 42.6 Å². The van der Waals surface area contributed by atoms with Crippen molar-refractivity contribution in [2.45, 2.75) is 39.3 Å². The third-order valence-electron chi connectivity index (χ3n) is 6.64. The topological polar surface area (TPSA) is 40.2 Å². The van der Waals surface area contributed by atoms with Gasteiger partial charge in [-0.25, -0.2) is 0 Å². The molecule has 4 nitrogen and oxygen atoms in total. The molecule has 0 bridgehead atoms. The Morgan fingerprint density at radius 2 is 1.79 bits per heavy atom. The molecule has 0 atom stereocenters. The van der Waals surface area contributed by atoms with Crippen molar-refractivity contribution in [3.63, 3.8) is 0 Å². The fourth-order valence-electron chi connectivity index (χ4n) is 4.77. The van der Waals surface area contributed by atoms with E-state index in [1.54, 1.807) is 0 Å². The largest absolute Gasteiger partial charge is 0.342 e. The first-order chi connectivity index (χ1) is 16.6. The molecule has 3 aromatic carbocycles. The maximum Gasteiger partial charge on any atom is 0.100 e. The predicted octanol–water partition coefficient (Wildman–Crippen LogP) is 6.91. The van der Waals surface area contributed by atoms with E-state index in [4.69, 9.17) is 0 Å². The molecule has 0 aliphatic carbocycles. The molecule has 0 saturated carbocycles. The van der Waals surface area contributed by atoms with E-state index in [0.717, 1.165) is 48.8 Å². The van der Waals surface area contributed by atoms with E-state index in [-0.39, 0.29) is 0 Å². The molecule has 4 aromatic rings. The van der Waals surface area contributed by atoms with Crippen LogP contribution in [0, 0.1) is 0 Å². The number of nitrogens with one attached hydrogen (secondary N) is 2. The SMILES string of the molecule is C=C(Nc1ccc(C(C)C)cc1)Nc1cccc2c1CCN(Cc1ccnc3ccccc13)C2. The van der Waals surface area contributed by atoms with Crippen molar-refractivity contribution in [1.29, 1.82) is 0 Å². The van der Waals surface area contributed by atoms with Gasteiger partial charge in [0.15, 0.2) is 0 Å². The van der Waals surface area contributed by atoms with Gasteiger partial charge in [0.05, 0.1) is 5.52 Å². The zero-order valence-corrected chi connectivity index (χ0v) is 20.0. The van der Waals surface area contributed by atoms with Crippen molar-refractivity contribution in [3.05, 3.63) is 114 Å². The standard InChI is InChI=1S/C30H32N4/c1-21(2)23-11-13-26(14-12-23)32-22(3)33-30-10-6-7-24-19-34(18-16-28(24)30)20-25-15-17-31-29-9-5-4-8-27(25)29/h4-15,17,21,32-33H,3,16,18-20H2,1-2H3. The van der Waals surface area contributed by atoms with Crippen molar-refractivity contribution >= 4 is 22.3 Å². The van der Waals surface area contributed by atoms with Gasteiger partial charge < -0.3 is 10.6 Å². The fourth-order valence-corrected chi connectivity index (χ4v) is 4.77.